The number of nitrogens with one attached hydrogen (secondary N) is 2. The number of aryl methyl sites for hydroxylation is 1. The highest BCUT2D eigenvalue weighted by Gasteiger charge is 2.45. The zero-order valence-electron chi connectivity index (χ0n) is 19.4. The molecular weight excluding hydrogens is 482 g/mol. The topological polar surface area (TPSA) is 95.6 Å². The van der Waals surface area contributed by atoms with E-state index in [1.54, 1.807) is 23.9 Å². The molecule has 2 amide bonds. The summed E-state index contributed by atoms with van der Waals surface area (Å²) in [5.41, 5.74) is 2.88. The van der Waals surface area contributed by atoms with Crippen molar-refractivity contribution in [1.82, 2.24) is 14.9 Å². The Labute approximate surface area is 210 Å². The van der Waals surface area contributed by atoms with Crippen molar-refractivity contribution in [1.29, 1.82) is 0 Å². The van der Waals surface area contributed by atoms with E-state index >= 15 is 0 Å². The van der Waals surface area contributed by atoms with Gasteiger partial charge in [0.25, 0.3) is 5.91 Å². The van der Waals surface area contributed by atoms with E-state index in [0.717, 1.165) is 31.2 Å². The molecule has 4 atom stereocenters. The van der Waals surface area contributed by atoms with Gasteiger partial charge < -0.3 is 10.6 Å². The Morgan fingerprint density at radius 2 is 1.83 bits per heavy atom. The van der Waals surface area contributed by atoms with E-state index in [1.165, 1.54) is 28.1 Å². The van der Waals surface area contributed by atoms with Crippen molar-refractivity contribution < 1.29 is 18.0 Å². The largest absolute Gasteiger partial charge is 0.345 e. The molecule has 0 spiro atoms. The van der Waals surface area contributed by atoms with Gasteiger partial charge in [-0.05, 0) is 73.1 Å². The Hall–Kier alpha value is -2.62. The Kier molecular flexibility index (Phi) is 6.74. The van der Waals surface area contributed by atoms with Gasteiger partial charge in [-0.1, -0.05) is 30.8 Å². The van der Waals surface area contributed by atoms with Gasteiger partial charge in [0.05, 0.1) is 16.3 Å². The molecule has 2 aliphatic heterocycles. The second-order valence-electron chi connectivity index (χ2n) is 9.34. The van der Waals surface area contributed by atoms with Crippen LogP contribution in [0.1, 0.15) is 46.8 Å². The third kappa shape index (κ3) is 4.90. The molecule has 0 saturated carbocycles. The fraction of sp³-hybridized carbons (Fsp3) is 0.385. The smallest absolute Gasteiger partial charge is 0.251 e. The van der Waals surface area contributed by atoms with Gasteiger partial charge in [0, 0.05) is 23.9 Å². The minimum absolute atomic E-state index is 0.00530. The van der Waals surface area contributed by atoms with Crippen molar-refractivity contribution in [2.75, 3.05) is 13.1 Å². The molecule has 184 valence electrons. The average molecular weight is 512 g/mol. The van der Waals surface area contributed by atoms with E-state index in [-0.39, 0.29) is 39.3 Å². The first-order valence-corrected chi connectivity index (χ1v) is 14.3. The monoisotopic (exact) mass is 511 g/mol. The van der Waals surface area contributed by atoms with Crippen molar-refractivity contribution in [3.8, 4) is 0 Å². The number of amides is 2. The summed E-state index contributed by atoms with van der Waals surface area (Å²) in [5.74, 6) is -0.201. The van der Waals surface area contributed by atoms with Gasteiger partial charge in [-0.15, -0.1) is 11.8 Å². The summed E-state index contributed by atoms with van der Waals surface area (Å²) < 4.78 is 28.0. The van der Waals surface area contributed by atoms with Crippen molar-refractivity contribution in [3.63, 3.8) is 0 Å². The Morgan fingerprint density at radius 3 is 2.57 bits per heavy atom. The van der Waals surface area contributed by atoms with E-state index in [2.05, 4.69) is 29.3 Å². The molecule has 7 nitrogen and oxygen atoms in total. The highest BCUT2D eigenvalue weighted by molar-refractivity contribution is 8.00. The number of benzene rings is 2. The number of rotatable bonds is 6. The standard InChI is InChI=1S/C26H29N3O4S2/c1-2-24(30)28-25-14-19-15-29(16-23(19)34-25)35(32,33)20-12-10-18(11-13-20)26(31)27-22-9-5-7-17-6-3-4-8-21(17)22/h2-4,6,8,10-13,19,22-23,25H,1,5,7,9,14-16H2,(H,27,31)(H,28,30). The van der Waals surface area contributed by atoms with Gasteiger partial charge in [-0.3, -0.25) is 9.59 Å². The lowest BCUT2D eigenvalue weighted by molar-refractivity contribution is -0.116. The molecular formula is C26H29N3O4S2. The average Bonchev–Trinajstić information content (AvgIpc) is 3.43. The summed E-state index contributed by atoms with van der Waals surface area (Å²) in [6.45, 7) is 4.33. The van der Waals surface area contributed by atoms with Gasteiger partial charge in [0.1, 0.15) is 0 Å². The number of hydrogen-bond acceptors (Lipinski definition) is 5. The lowest BCUT2D eigenvalue weighted by Crippen LogP contribution is -2.33. The van der Waals surface area contributed by atoms with Crippen LogP contribution in [0.3, 0.4) is 0 Å². The van der Waals surface area contributed by atoms with Crippen molar-refractivity contribution in [3.05, 3.63) is 77.9 Å². The molecule has 5 rings (SSSR count). The van der Waals surface area contributed by atoms with Crippen molar-refractivity contribution in [2.24, 2.45) is 5.92 Å². The van der Waals surface area contributed by atoms with Crippen molar-refractivity contribution in [2.45, 2.75) is 47.2 Å². The minimum Gasteiger partial charge on any atom is -0.345 e. The van der Waals surface area contributed by atoms with Gasteiger partial charge in [0.15, 0.2) is 0 Å². The number of sulfonamides is 1. The van der Waals surface area contributed by atoms with Crippen LogP contribution in [0.25, 0.3) is 0 Å². The molecule has 0 aromatic heterocycles. The van der Waals surface area contributed by atoms with Gasteiger partial charge in [0.2, 0.25) is 15.9 Å². The number of hydrogen-bond donors (Lipinski definition) is 2. The summed E-state index contributed by atoms with van der Waals surface area (Å²) in [4.78, 5) is 24.6. The summed E-state index contributed by atoms with van der Waals surface area (Å²) in [6.07, 6.45) is 4.93. The lowest BCUT2D eigenvalue weighted by atomic mass is 9.87. The summed E-state index contributed by atoms with van der Waals surface area (Å²) in [7, 11) is -3.65. The first-order chi connectivity index (χ1) is 16.8. The number of fused-ring (bicyclic) bond motifs is 2. The minimum atomic E-state index is -3.65. The Bertz CT molecular complexity index is 1230. The molecule has 0 bridgehead atoms. The van der Waals surface area contributed by atoms with Crippen LogP contribution in [0.4, 0.5) is 0 Å². The first kappa shape index (κ1) is 24.1. The quantitative estimate of drug-likeness (QED) is 0.581. The molecule has 2 heterocycles. The molecule has 35 heavy (non-hydrogen) atoms. The normalized spacial score (nSPS) is 25.9. The van der Waals surface area contributed by atoms with E-state index < -0.39 is 10.0 Å². The maximum absolute atomic E-state index is 13.2. The van der Waals surface area contributed by atoms with Crippen LogP contribution < -0.4 is 10.6 Å². The molecule has 2 saturated heterocycles. The maximum atomic E-state index is 13.2. The highest BCUT2D eigenvalue weighted by Crippen LogP contribution is 2.43. The molecule has 2 aromatic rings. The van der Waals surface area contributed by atoms with Crippen LogP contribution in [0.5, 0.6) is 0 Å². The Morgan fingerprint density at radius 1 is 1.06 bits per heavy atom. The number of carbonyl (C=O) groups is 2. The molecule has 2 fully saturated rings. The summed E-state index contributed by atoms with van der Waals surface area (Å²) in [6, 6.07) is 14.4. The molecule has 4 unspecified atom stereocenters. The molecule has 0 radical (unpaired) electrons. The SMILES string of the molecule is C=CC(=O)NC1CC2CN(S(=O)(=O)c3ccc(C(=O)NC4CCCc5ccccc54)cc3)CC2S1. The number of carbonyl (C=O) groups excluding carboxylic acids is 2. The zero-order valence-corrected chi connectivity index (χ0v) is 21.0. The van der Waals surface area contributed by atoms with Gasteiger partial charge >= 0.3 is 0 Å². The van der Waals surface area contributed by atoms with Crippen LogP contribution >= 0.6 is 11.8 Å². The lowest BCUT2D eigenvalue weighted by Gasteiger charge is -2.26. The predicted molar refractivity (Wildman–Crippen MR) is 136 cm³/mol. The molecule has 3 aliphatic rings. The third-order valence-electron chi connectivity index (χ3n) is 7.12. The fourth-order valence-electron chi connectivity index (χ4n) is 5.31. The van der Waals surface area contributed by atoms with E-state index in [0.29, 0.717) is 18.7 Å². The van der Waals surface area contributed by atoms with Crippen LogP contribution in [-0.2, 0) is 21.2 Å². The number of nitrogens with zero attached hydrogens (tertiary/aromatic N) is 1. The van der Waals surface area contributed by atoms with E-state index in [9.17, 15) is 18.0 Å². The third-order valence-corrected chi connectivity index (χ3v) is 10.5. The molecule has 9 heteroatoms. The second-order valence-corrected chi connectivity index (χ2v) is 12.7. The van der Waals surface area contributed by atoms with Crippen LogP contribution in [0.15, 0.2) is 66.1 Å². The van der Waals surface area contributed by atoms with Gasteiger partial charge in [-0.25, -0.2) is 8.42 Å². The van der Waals surface area contributed by atoms with Gasteiger partial charge in [-0.2, -0.15) is 4.31 Å². The molecule has 2 N–H and O–H groups in total. The highest BCUT2D eigenvalue weighted by atomic mass is 32.2. The number of thioether (sulfide) groups is 1. The fourth-order valence-corrected chi connectivity index (χ4v) is 8.57. The Balaban J connectivity index is 1.22. The first-order valence-electron chi connectivity index (χ1n) is 11.9. The summed E-state index contributed by atoms with van der Waals surface area (Å²) in [5, 5.41) is 6.16. The van der Waals surface area contributed by atoms with Crippen LogP contribution in [0, 0.1) is 5.92 Å². The zero-order chi connectivity index (χ0) is 24.6. The molecule has 2 aromatic carbocycles. The second kappa shape index (κ2) is 9.79. The van der Waals surface area contributed by atoms with E-state index in [4.69, 9.17) is 0 Å². The predicted octanol–water partition coefficient (Wildman–Crippen LogP) is 3.25. The maximum Gasteiger partial charge on any atom is 0.251 e. The van der Waals surface area contributed by atoms with E-state index in [1.807, 2.05) is 12.1 Å². The molecule has 1 aliphatic carbocycles. The summed E-state index contributed by atoms with van der Waals surface area (Å²) >= 11 is 1.62. The van der Waals surface area contributed by atoms with Crippen molar-refractivity contribution >= 4 is 33.6 Å². The van der Waals surface area contributed by atoms with Crippen LogP contribution in [-0.4, -0.2) is 48.3 Å². The van der Waals surface area contributed by atoms with Crippen LogP contribution in [0.2, 0.25) is 0 Å².